The Balaban J connectivity index is 1.59. The molecule has 1 amide bonds. The molecule has 0 radical (unpaired) electrons. The second-order valence-corrected chi connectivity index (χ2v) is 12.0. The van der Waals surface area contributed by atoms with Crippen molar-refractivity contribution in [3.63, 3.8) is 0 Å². The summed E-state index contributed by atoms with van der Waals surface area (Å²) in [5.74, 6) is -0.713. The van der Waals surface area contributed by atoms with Crippen LogP contribution in [0.25, 0.3) is 0 Å². The standard InChI is InChI=1S/C27H34FN3O4S/c1-19(22-11-5-6-12-23(22)28)17-24-29-36(33,34)25(27(2,3)35-24)20-9-7-10-21(18-20)26(32)31-14-8-13-30(4)15-16-31/h5-7,9-12,18-19,25H,8,13-17H2,1-4H3/t19-,25?/m1/s1. The van der Waals surface area contributed by atoms with Crippen LogP contribution in [0.4, 0.5) is 4.39 Å². The second kappa shape index (κ2) is 10.3. The predicted molar refractivity (Wildman–Crippen MR) is 138 cm³/mol. The van der Waals surface area contributed by atoms with Gasteiger partial charge in [-0.05, 0) is 69.1 Å². The van der Waals surface area contributed by atoms with Crippen LogP contribution in [0.3, 0.4) is 0 Å². The number of likely N-dealkylation sites (N-methyl/N-ethyl adjacent to an activating group) is 1. The summed E-state index contributed by atoms with van der Waals surface area (Å²) in [4.78, 5) is 17.2. The average Bonchev–Trinajstić information content (AvgIpc) is 3.01. The highest BCUT2D eigenvalue weighted by molar-refractivity contribution is 7.90. The van der Waals surface area contributed by atoms with Crippen LogP contribution in [0.2, 0.25) is 0 Å². The third-order valence-electron chi connectivity index (χ3n) is 6.90. The number of amides is 1. The maximum absolute atomic E-state index is 14.2. The Morgan fingerprint density at radius 2 is 1.89 bits per heavy atom. The maximum Gasteiger partial charge on any atom is 0.267 e. The molecule has 0 N–H and O–H groups in total. The minimum atomic E-state index is -4.01. The van der Waals surface area contributed by atoms with E-state index in [-0.39, 0.29) is 30.0 Å². The summed E-state index contributed by atoms with van der Waals surface area (Å²) < 4.78 is 51.2. The van der Waals surface area contributed by atoms with Gasteiger partial charge in [-0.15, -0.1) is 4.40 Å². The molecule has 0 aliphatic carbocycles. The van der Waals surface area contributed by atoms with Gasteiger partial charge in [0.2, 0.25) is 5.90 Å². The lowest BCUT2D eigenvalue weighted by Crippen LogP contribution is -2.43. The summed E-state index contributed by atoms with van der Waals surface area (Å²) in [5, 5.41) is -1.08. The van der Waals surface area contributed by atoms with Crippen LogP contribution in [0.5, 0.6) is 0 Å². The smallest absolute Gasteiger partial charge is 0.267 e. The topological polar surface area (TPSA) is 79.3 Å². The van der Waals surface area contributed by atoms with Gasteiger partial charge in [-0.3, -0.25) is 4.79 Å². The molecule has 1 fully saturated rings. The van der Waals surface area contributed by atoms with Crippen molar-refractivity contribution in [2.75, 3.05) is 33.2 Å². The molecular formula is C27H34FN3O4S. The molecule has 2 heterocycles. The highest BCUT2D eigenvalue weighted by Gasteiger charge is 2.47. The van der Waals surface area contributed by atoms with Gasteiger partial charge in [0.05, 0.1) is 0 Å². The van der Waals surface area contributed by atoms with Gasteiger partial charge in [0.25, 0.3) is 15.9 Å². The molecular weight excluding hydrogens is 481 g/mol. The number of rotatable bonds is 5. The third kappa shape index (κ3) is 5.62. The second-order valence-electron chi connectivity index (χ2n) is 10.3. The van der Waals surface area contributed by atoms with E-state index in [1.807, 2.05) is 18.9 Å². The van der Waals surface area contributed by atoms with Gasteiger partial charge in [0, 0.05) is 31.6 Å². The number of hydrogen-bond acceptors (Lipinski definition) is 5. The normalized spacial score (nSPS) is 22.8. The summed E-state index contributed by atoms with van der Waals surface area (Å²) in [7, 11) is -1.98. The molecule has 1 unspecified atom stereocenters. The van der Waals surface area contributed by atoms with Gasteiger partial charge >= 0.3 is 0 Å². The quantitative estimate of drug-likeness (QED) is 0.591. The summed E-state index contributed by atoms with van der Waals surface area (Å²) in [6.07, 6.45) is 1.04. The minimum Gasteiger partial charge on any atom is -0.472 e. The van der Waals surface area contributed by atoms with Crippen molar-refractivity contribution in [1.29, 1.82) is 0 Å². The van der Waals surface area contributed by atoms with Gasteiger partial charge in [-0.2, -0.15) is 0 Å². The van der Waals surface area contributed by atoms with Crippen molar-refractivity contribution in [3.8, 4) is 0 Å². The molecule has 4 rings (SSSR count). The summed E-state index contributed by atoms with van der Waals surface area (Å²) in [6, 6.07) is 13.2. The molecule has 1 saturated heterocycles. The number of sulfonamides is 1. The van der Waals surface area contributed by atoms with E-state index in [1.54, 1.807) is 56.3 Å². The van der Waals surface area contributed by atoms with Crippen molar-refractivity contribution in [2.45, 2.75) is 50.4 Å². The summed E-state index contributed by atoms with van der Waals surface area (Å²) >= 11 is 0. The van der Waals surface area contributed by atoms with E-state index in [0.29, 0.717) is 29.8 Å². The third-order valence-corrected chi connectivity index (χ3v) is 8.79. The number of halogens is 1. The SMILES string of the molecule is C[C@H](CC1=NS(=O)(=O)C(c2cccc(C(=O)N3CCCN(C)CC3)c2)C(C)(C)O1)c1ccccc1F. The van der Waals surface area contributed by atoms with E-state index >= 15 is 0 Å². The van der Waals surface area contributed by atoms with Gasteiger partial charge in [-0.25, -0.2) is 12.8 Å². The molecule has 0 bridgehead atoms. The fraction of sp³-hybridized carbons (Fsp3) is 0.481. The first-order valence-corrected chi connectivity index (χ1v) is 13.8. The lowest BCUT2D eigenvalue weighted by molar-refractivity contribution is 0.0754. The lowest BCUT2D eigenvalue weighted by atomic mass is 9.94. The van der Waals surface area contributed by atoms with Crippen LogP contribution in [0, 0.1) is 5.82 Å². The molecule has 194 valence electrons. The van der Waals surface area contributed by atoms with Crippen LogP contribution >= 0.6 is 0 Å². The molecule has 2 aliphatic heterocycles. The molecule has 2 atom stereocenters. The molecule has 0 spiro atoms. The van der Waals surface area contributed by atoms with E-state index in [2.05, 4.69) is 9.30 Å². The van der Waals surface area contributed by atoms with Gasteiger partial charge < -0.3 is 14.5 Å². The van der Waals surface area contributed by atoms with Crippen molar-refractivity contribution in [2.24, 2.45) is 4.40 Å². The molecule has 0 saturated carbocycles. The van der Waals surface area contributed by atoms with E-state index in [0.717, 1.165) is 19.5 Å². The van der Waals surface area contributed by atoms with Crippen LogP contribution in [0.1, 0.15) is 66.3 Å². The van der Waals surface area contributed by atoms with Gasteiger partial charge in [-0.1, -0.05) is 37.3 Å². The zero-order chi connectivity index (χ0) is 26.1. The number of hydrogen-bond donors (Lipinski definition) is 0. The van der Waals surface area contributed by atoms with E-state index in [1.165, 1.54) is 6.07 Å². The number of nitrogens with zero attached hydrogens (tertiary/aromatic N) is 3. The Kier molecular flexibility index (Phi) is 7.52. The van der Waals surface area contributed by atoms with Crippen molar-refractivity contribution in [3.05, 3.63) is 71.0 Å². The van der Waals surface area contributed by atoms with E-state index in [4.69, 9.17) is 4.74 Å². The van der Waals surface area contributed by atoms with Crippen LogP contribution in [0.15, 0.2) is 52.9 Å². The number of carbonyl (C=O) groups excluding carboxylic acids is 1. The fourth-order valence-electron chi connectivity index (χ4n) is 5.09. The first kappa shape index (κ1) is 26.3. The minimum absolute atomic E-state index is 0.0629. The molecule has 7 nitrogen and oxygen atoms in total. The van der Waals surface area contributed by atoms with Crippen LogP contribution in [-0.4, -0.2) is 68.9 Å². The zero-order valence-electron chi connectivity index (χ0n) is 21.3. The number of ether oxygens (including phenoxy) is 1. The Morgan fingerprint density at radius 3 is 2.61 bits per heavy atom. The molecule has 0 aromatic heterocycles. The predicted octanol–water partition coefficient (Wildman–Crippen LogP) is 4.38. The summed E-state index contributed by atoms with van der Waals surface area (Å²) in [5.41, 5.74) is 0.249. The van der Waals surface area contributed by atoms with Gasteiger partial charge in [0.15, 0.2) is 0 Å². The maximum atomic E-state index is 14.2. The average molecular weight is 516 g/mol. The lowest BCUT2D eigenvalue weighted by Gasteiger charge is -2.38. The Bertz CT molecular complexity index is 1260. The molecule has 9 heteroatoms. The first-order chi connectivity index (χ1) is 17.0. The number of carbonyl (C=O) groups is 1. The molecule has 2 aromatic rings. The Hall–Kier alpha value is -2.78. The molecule has 36 heavy (non-hydrogen) atoms. The van der Waals surface area contributed by atoms with Gasteiger partial charge in [0.1, 0.15) is 16.7 Å². The fourth-order valence-corrected chi connectivity index (χ4v) is 6.85. The largest absolute Gasteiger partial charge is 0.472 e. The van der Waals surface area contributed by atoms with Crippen LogP contribution < -0.4 is 0 Å². The molecule has 2 aliphatic rings. The Morgan fingerprint density at radius 1 is 1.14 bits per heavy atom. The monoisotopic (exact) mass is 515 g/mol. The summed E-state index contributed by atoms with van der Waals surface area (Å²) in [6.45, 7) is 8.25. The first-order valence-electron chi connectivity index (χ1n) is 12.3. The zero-order valence-corrected chi connectivity index (χ0v) is 22.1. The van der Waals surface area contributed by atoms with Crippen molar-refractivity contribution >= 4 is 21.8 Å². The molecule has 2 aromatic carbocycles. The van der Waals surface area contributed by atoms with Crippen molar-refractivity contribution in [1.82, 2.24) is 9.80 Å². The van der Waals surface area contributed by atoms with Crippen molar-refractivity contribution < 1.29 is 22.3 Å². The van der Waals surface area contributed by atoms with E-state index in [9.17, 15) is 17.6 Å². The number of benzene rings is 2. The highest BCUT2D eigenvalue weighted by Crippen LogP contribution is 2.42. The highest BCUT2D eigenvalue weighted by atomic mass is 32.2. The van der Waals surface area contributed by atoms with Crippen LogP contribution in [-0.2, 0) is 14.8 Å². The Labute approximate surface area is 213 Å². The van der Waals surface area contributed by atoms with E-state index < -0.39 is 20.9 Å².